The number of aromatic nitrogens is 4. The van der Waals surface area contributed by atoms with Crippen LogP contribution in [0.4, 0.5) is 0 Å². The maximum atomic E-state index is 12.0. The second kappa shape index (κ2) is 6.79. The number of aryl methyl sites for hydroxylation is 2. The third-order valence-electron chi connectivity index (χ3n) is 4.98. The van der Waals surface area contributed by atoms with Gasteiger partial charge in [0.1, 0.15) is 5.58 Å². The highest BCUT2D eigenvalue weighted by Gasteiger charge is 2.17. The monoisotopic (exact) mass is 391 g/mol. The number of fused-ring (bicyclic) bond motifs is 2. The lowest BCUT2D eigenvalue weighted by Gasteiger charge is -2.08. The molecule has 1 aromatic carbocycles. The van der Waals surface area contributed by atoms with Crippen molar-refractivity contribution in [2.24, 2.45) is 0 Å². The third kappa shape index (κ3) is 2.95. The molecule has 1 aliphatic carbocycles. The molecule has 0 atom stereocenters. The molecule has 140 valence electrons. The van der Waals surface area contributed by atoms with E-state index in [-0.39, 0.29) is 5.63 Å². The minimum absolute atomic E-state index is 0.341. The highest BCUT2D eigenvalue weighted by Crippen LogP contribution is 2.31. The molecule has 0 unspecified atom stereocenters. The van der Waals surface area contributed by atoms with Crippen molar-refractivity contribution >= 4 is 22.7 Å². The molecule has 0 saturated carbocycles. The number of benzene rings is 1. The normalized spacial score (nSPS) is 13.1. The topological polar surface area (TPSA) is 99.8 Å². The van der Waals surface area contributed by atoms with Gasteiger partial charge in [0, 0.05) is 35.2 Å². The van der Waals surface area contributed by atoms with E-state index in [1.807, 2.05) is 18.2 Å². The van der Waals surface area contributed by atoms with Crippen LogP contribution in [0.1, 0.15) is 23.1 Å². The molecule has 4 aromatic rings. The Hall–Kier alpha value is -3.13. The van der Waals surface area contributed by atoms with E-state index in [9.17, 15) is 4.79 Å². The Morgan fingerprint density at radius 2 is 2.04 bits per heavy atom. The van der Waals surface area contributed by atoms with Crippen molar-refractivity contribution in [3.63, 3.8) is 0 Å². The minimum atomic E-state index is -0.341. The van der Waals surface area contributed by atoms with Gasteiger partial charge in [-0.1, -0.05) is 11.8 Å². The van der Waals surface area contributed by atoms with Crippen LogP contribution in [0.25, 0.3) is 22.4 Å². The fourth-order valence-corrected chi connectivity index (χ4v) is 4.47. The van der Waals surface area contributed by atoms with Crippen molar-refractivity contribution in [1.82, 2.24) is 19.9 Å². The summed E-state index contributed by atoms with van der Waals surface area (Å²) in [5.41, 5.74) is 4.64. The van der Waals surface area contributed by atoms with Gasteiger partial charge in [0.15, 0.2) is 5.82 Å². The Labute approximate surface area is 164 Å². The first kappa shape index (κ1) is 17.0. The summed E-state index contributed by atoms with van der Waals surface area (Å²) in [7, 11) is 0. The highest BCUT2D eigenvalue weighted by molar-refractivity contribution is 7.98. The molecule has 0 fully saturated rings. The van der Waals surface area contributed by atoms with Gasteiger partial charge >= 0.3 is 5.63 Å². The Bertz CT molecular complexity index is 1230. The molecule has 0 amide bonds. The summed E-state index contributed by atoms with van der Waals surface area (Å²) >= 11 is 1.44. The number of hydrogen-bond acceptors (Lipinski definition) is 7. The van der Waals surface area contributed by atoms with Gasteiger partial charge in [-0.25, -0.2) is 9.47 Å². The molecule has 2 N–H and O–H groups in total. The Balaban J connectivity index is 1.47. The Morgan fingerprint density at radius 3 is 2.86 bits per heavy atom. The number of nitrogens with zero attached hydrogens (tertiary/aromatic N) is 4. The zero-order valence-electron chi connectivity index (χ0n) is 15.0. The average Bonchev–Trinajstić information content (AvgIpc) is 3.31. The van der Waals surface area contributed by atoms with Crippen LogP contribution in [-0.4, -0.2) is 19.9 Å². The number of rotatable bonds is 4. The van der Waals surface area contributed by atoms with Gasteiger partial charge in [0.05, 0.1) is 0 Å². The SMILES string of the molecule is Nn1c(SCc2cc(=O)oc3cc4c(cc23)CCC4)nnc1-c1cccnc1. The lowest BCUT2D eigenvalue weighted by molar-refractivity contribution is 0.559. The van der Waals surface area contributed by atoms with Gasteiger partial charge in [0.25, 0.3) is 0 Å². The van der Waals surface area contributed by atoms with Crippen LogP contribution in [0, 0.1) is 0 Å². The fraction of sp³-hybridized carbons (Fsp3) is 0.200. The molecule has 0 saturated heterocycles. The molecular weight excluding hydrogens is 374 g/mol. The zero-order chi connectivity index (χ0) is 19.1. The fourth-order valence-electron chi connectivity index (χ4n) is 3.62. The summed E-state index contributed by atoms with van der Waals surface area (Å²) in [6.07, 6.45) is 6.65. The van der Waals surface area contributed by atoms with Crippen LogP contribution in [0.15, 0.2) is 57.1 Å². The molecule has 3 aromatic heterocycles. The lowest BCUT2D eigenvalue weighted by Crippen LogP contribution is -2.11. The largest absolute Gasteiger partial charge is 0.423 e. The van der Waals surface area contributed by atoms with E-state index in [1.54, 1.807) is 18.5 Å². The van der Waals surface area contributed by atoms with E-state index < -0.39 is 0 Å². The van der Waals surface area contributed by atoms with Gasteiger partial charge in [0.2, 0.25) is 5.16 Å². The van der Waals surface area contributed by atoms with Crippen molar-refractivity contribution in [3.05, 3.63) is 69.8 Å². The quantitative estimate of drug-likeness (QED) is 0.324. The van der Waals surface area contributed by atoms with Gasteiger partial charge in [-0.05, 0) is 60.2 Å². The third-order valence-corrected chi connectivity index (χ3v) is 5.98. The second-order valence-electron chi connectivity index (χ2n) is 6.77. The van der Waals surface area contributed by atoms with Crippen LogP contribution >= 0.6 is 11.8 Å². The van der Waals surface area contributed by atoms with E-state index in [0.717, 1.165) is 35.8 Å². The predicted octanol–water partition coefficient (Wildman–Crippen LogP) is 2.94. The van der Waals surface area contributed by atoms with Crippen LogP contribution in [0.5, 0.6) is 0 Å². The first-order chi connectivity index (χ1) is 13.7. The van der Waals surface area contributed by atoms with Crippen molar-refractivity contribution in [1.29, 1.82) is 0 Å². The van der Waals surface area contributed by atoms with Gasteiger partial charge < -0.3 is 10.3 Å². The molecular formula is C20H17N5O2S. The van der Waals surface area contributed by atoms with Gasteiger partial charge in [-0.3, -0.25) is 4.98 Å². The van der Waals surface area contributed by atoms with Crippen LogP contribution in [0.2, 0.25) is 0 Å². The molecule has 0 spiro atoms. The summed E-state index contributed by atoms with van der Waals surface area (Å²) in [6.45, 7) is 0. The molecule has 3 heterocycles. The molecule has 5 rings (SSSR count). The summed E-state index contributed by atoms with van der Waals surface area (Å²) in [5.74, 6) is 7.27. The van der Waals surface area contributed by atoms with E-state index in [4.69, 9.17) is 10.3 Å². The van der Waals surface area contributed by atoms with Crippen molar-refractivity contribution < 1.29 is 4.42 Å². The first-order valence-electron chi connectivity index (χ1n) is 9.01. The van der Waals surface area contributed by atoms with E-state index >= 15 is 0 Å². The number of hydrogen-bond donors (Lipinski definition) is 1. The summed E-state index contributed by atoms with van der Waals surface area (Å²) < 4.78 is 6.89. The molecule has 1 aliphatic rings. The summed E-state index contributed by atoms with van der Waals surface area (Å²) in [5, 5.41) is 9.91. The first-order valence-corrected chi connectivity index (χ1v) is 10.00. The minimum Gasteiger partial charge on any atom is -0.423 e. The number of thioether (sulfide) groups is 1. The highest BCUT2D eigenvalue weighted by atomic mass is 32.2. The molecule has 0 bridgehead atoms. The lowest BCUT2D eigenvalue weighted by atomic mass is 10.0. The number of nitrogen functional groups attached to an aromatic ring is 1. The predicted molar refractivity (Wildman–Crippen MR) is 107 cm³/mol. The van der Waals surface area contributed by atoms with Crippen LogP contribution in [-0.2, 0) is 18.6 Å². The van der Waals surface area contributed by atoms with Crippen molar-refractivity contribution in [3.8, 4) is 11.4 Å². The zero-order valence-corrected chi connectivity index (χ0v) is 15.8. The summed E-state index contributed by atoms with van der Waals surface area (Å²) in [6, 6.07) is 9.43. The van der Waals surface area contributed by atoms with Gasteiger partial charge in [-0.2, -0.15) is 0 Å². The number of pyridine rings is 1. The van der Waals surface area contributed by atoms with E-state index in [2.05, 4.69) is 21.2 Å². The summed E-state index contributed by atoms with van der Waals surface area (Å²) in [4.78, 5) is 16.1. The van der Waals surface area contributed by atoms with E-state index in [0.29, 0.717) is 22.3 Å². The molecule has 0 aliphatic heterocycles. The molecule has 7 nitrogen and oxygen atoms in total. The smallest absolute Gasteiger partial charge is 0.336 e. The average molecular weight is 391 g/mol. The second-order valence-corrected chi connectivity index (χ2v) is 7.71. The maximum Gasteiger partial charge on any atom is 0.336 e. The molecule has 28 heavy (non-hydrogen) atoms. The standard InChI is InChI=1S/C20H17N5O2S/c21-25-19(14-5-2-6-22-10-14)23-24-20(25)28-11-15-9-18(26)27-17-8-13-4-1-3-12(13)7-16(15)17/h2,5-10H,1,3-4,11,21H2. The Morgan fingerprint density at radius 1 is 1.18 bits per heavy atom. The van der Waals surface area contributed by atoms with Crippen LogP contribution < -0.4 is 11.5 Å². The Kier molecular flexibility index (Phi) is 4.12. The molecule has 0 radical (unpaired) electrons. The molecule has 8 heteroatoms. The van der Waals surface area contributed by atoms with Crippen molar-refractivity contribution in [2.45, 2.75) is 30.2 Å². The van der Waals surface area contributed by atoms with Gasteiger partial charge in [-0.15, -0.1) is 10.2 Å². The number of nitrogens with two attached hydrogens (primary N) is 1. The van der Waals surface area contributed by atoms with Crippen LogP contribution in [0.3, 0.4) is 0 Å². The van der Waals surface area contributed by atoms with Crippen molar-refractivity contribution in [2.75, 3.05) is 5.84 Å². The maximum absolute atomic E-state index is 12.0. The van der Waals surface area contributed by atoms with E-state index in [1.165, 1.54) is 27.6 Å².